The van der Waals surface area contributed by atoms with Crippen molar-refractivity contribution in [2.75, 3.05) is 68.7 Å². The summed E-state index contributed by atoms with van der Waals surface area (Å²) in [6.45, 7) is 4.25. The van der Waals surface area contributed by atoms with Gasteiger partial charge in [0.25, 0.3) is 5.91 Å². The molecule has 0 saturated carbocycles. The Labute approximate surface area is 251 Å². The number of hydrogen-bond acceptors (Lipinski definition) is 10. The molecule has 11 nitrogen and oxygen atoms in total. The second-order valence-electron chi connectivity index (χ2n) is 9.85. The zero-order valence-electron chi connectivity index (χ0n) is 24.3. The fourth-order valence-corrected chi connectivity index (χ4v) is 4.60. The summed E-state index contributed by atoms with van der Waals surface area (Å²) in [5.74, 6) is 2.19. The second kappa shape index (κ2) is 15.5. The van der Waals surface area contributed by atoms with E-state index in [2.05, 4.69) is 50.1 Å². The predicted molar refractivity (Wildman–Crippen MR) is 166 cm³/mol. The molecule has 1 aliphatic rings. The predicted octanol–water partition coefficient (Wildman–Crippen LogP) is 4.06. The molecular formula is C32H37N7O4. The van der Waals surface area contributed by atoms with Crippen molar-refractivity contribution >= 4 is 29.4 Å². The summed E-state index contributed by atoms with van der Waals surface area (Å²) in [7, 11) is 1.64. The Morgan fingerprint density at radius 2 is 1.49 bits per heavy atom. The van der Waals surface area contributed by atoms with E-state index in [9.17, 15) is 4.79 Å². The van der Waals surface area contributed by atoms with E-state index in [1.165, 1.54) is 11.1 Å². The molecule has 3 aromatic carbocycles. The maximum atomic E-state index is 12.0. The fourth-order valence-electron chi connectivity index (χ4n) is 4.60. The zero-order valence-corrected chi connectivity index (χ0v) is 24.3. The molecule has 11 heteroatoms. The number of anilines is 4. The third-order valence-electron chi connectivity index (χ3n) is 6.85. The van der Waals surface area contributed by atoms with Crippen molar-refractivity contribution in [1.29, 1.82) is 0 Å². The van der Waals surface area contributed by atoms with Crippen molar-refractivity contribution in [3.63, 3.8) is 0 Å². The minimum Gasteiger partial charge on any atom is -0.497 e. The van der Waals surface area contributed by atoms with Crippen LogP contribution in [0.4, 0.5) is 23.5 Å². The van der Waals surface area contributed by atoms with E-state index in [-0.39, 0.29) is 5.91 Å². The monoisotopic (exact) mass is 583 g/mol. The van der Waals surface area contributed by atoms with Gasteiger partial charge < -0.3 is 35.1 Å². The molecular weight excluding hydrogens is 546 g/mol. The van der Waals surface area contributed by atoms with Crippen LogP contribution in [0.1, 0.15) is 21.5 Å². The van der Waals surface area contributed by atoms with Crippen LogP contribution in [0.25, 0.3) is 0 Å². The summed E-state index contributed by atoms with van der Waals surface area (Å²) >= 11 is 0. The Kier molecular flexibility index (Phi) is 10.7. The van der Waals surface area contributed by atoms with Crippen LogP contribution >= 0.6 is 0 Å². The number of aromatic nitrogens is 3. The van der Waals surface area contributed by atoms with Gasteiger partial charge in [-0.1, -0.05) is 42.5 Å². The number of carbonyl (C=O) groups is 1. The highest BCUT2D eigenvalue weighted by atomic mass is 16.5. The third kappa shape index (κ3) is 8.87. The van der Waals surface area contributed by atoms with Crippen molar-refractivity contribution in [2.24, 2.45) is 0 Å². The van der Waals surface area contributed by atoms with Crippen molar-refractivity contribution < 1.29 is 19.0 Å². The number of benzene rings is 3. The first-order chi connectivity index (χ1) is 21.2. The molecule has 0 fully saturated rings. The quantitative estimate of drug-likeness (QED) is 0.177. The highest BCUT2D eigenvalue weighted by Crippen LogP contribution is 2.25. The van der Waals surface area contributed by atoms with Crippen LogP contribution in [0.2, 0.25) is 0 Å². The van der Waals surface area contributed by atoms with Gasteiger partial charge >= 0.3 is 0 Å². The van der Waals surface area contributed by atoms with Crippen molar-refractivity contribution in [3.05, 3.63) is 95.6 Å². The molecule has 1 aromatic heterocycles. The van der Waals surface area contributed by atoms with E-state index in [4.69, 9.17) is 24.2 Å². The Bertz CT molecular complexity index is 1450. The molecule has 0 bridgehead atoms. The van der Waals surface area contributed by atoms with Crippen molar-refractivity contribution in [3.8, 4) is 5.75 Å². The molecule has 1 aliphatic heterocycles. The highest BCUT2D eigenvalue weighted by molar-refractivity contribution is 5.94. The van der Waals surface area contributed by atoms with E-state index in [1.54, 1.807) is 19.2 Å². The number of nitrogens with one attached hydrogen (secondary N) is 3. The Morgan fingerprint density at radius 3 is 2.26 bits per heavy atom. The molecule has 43 heavy (non-hydrogen) atoms. The summed E-state index contributed by atoms with van der Waals surface area (Å²) in [5, 5.41) is 9.39. The molecule has 1 amide bonds. The number of ether oxygens (including phenoxy) is 3. The number of methoxy groups -OCH3 is 1. The Balaban J connectivity index is 1.09. The number of nitrogens with zero attached hydrogens (tertiary/aromatic N) is 4. The van der Waals surface area contributed by atoms with Gasteiger partial charge in [0.05, 0.1) is 33.5 Å². The maximum Gasteiger partial charge on any atom is 0.251 e. The van der Waals surface area contributed by atoms with Gasteiger partial charge in [0.15, 0.2) is 0 Å². The average Bonchev–Trinajstić information content (AvgIpc) is 3.06. The number of carbonyl (C=O) groups excluding carboxylic acids is 1. The lowest BCUT2D eigenvalue weighted by molar-refractivity contribution is 0.0519. The van der Waals surface area contributed by atoms with E-state index in [1.807, 2.05) is 42.5 Å². The SMILES string of the molecule is COc1ccc(Nc2nc(NCCOCCOCCNC(=O)c3ccccc3)nc(N3CCc4ccccc4C3)n2)cc1. The Hall–Kier alpha value is -4.74. The molecule has 0 saturated heterocycles. The minimum atomic E-state index is -0.111. The van der Waals surface area contributed by atoms with Gasteiger partial charge in [0.2, 0.25) is 17.8 Å². The first-order valence-electron chi connectivity index (χ1n) is 14.4. The lowest BCUT2D eigenvalue weighted by Gasteiger charge is -2.29. The van der Waals surface area contributed by atoms with Crippen LogP contribution < -0.4 is 25.6 Å². The average molecular weight is 584 g/mol. The van der Waals surface area contributed by atoms with Gasteiger partial charge in [-0.25, -0.2) is 0 Å². The number of hydrogen-bond donors (Lipinski definition) is 3. The van der Waals surface area contributed by atoms with Crippen molar-refractivity contribution in [1.82, 2.24) is 20.3 Å². The molecule has 0 spiro atoms. The first kappa shape index (κ1) is 29.7. The maximum absolute atomic E-state index is 12.0. The van der Waals surface area contributed by atoms with Crippen LogP contribution in [0.3, 0.4) is 0 Å². The summed E-state index contributed by atoms with van der Waals surface area (Å²) < 4.78 is 16.5. The topological polar surface area (TPSA) is 123 Å². The van der Waals surface area contributed by atoms with E-state index in [0.29, 0.717) is 62.9 Å². The molecule has 4 aromatic rings. The molecule has 0 aliphatic carbocycles. The van der Waals surface area contributed by atoms with E-state index in [0.717, 1.165) is 30.9 Å². The lowest BCUT2D eigenvalue weighted by atomic mass is 10.0. The third-order valence-corrected chi connectivity index (χ3v) is 6.85. The zero-order chi connectivity index (χ0) is 29.7. The second-order valence-corrected chi connectivity index (χ2v) is 9.85. The highest BCUT2D eigenvalue weighted by Gasteiger charge is 2.20. The molecule has 3 N–H and O–H groups in total. The van der Waals surface area contributed by atoms with E-state index >= 15 is 0 Å². The van der Waals surface area contributed by atoms with Gasteiger partial charge in [-0.2, -0.15) is 15.0 Å². The van der Waals surface area contributed by atoms with Crippen LogP contribution in [0.5, 0.6) is 5.75 Å². The largest absolute Gasteiger partial charge is 0.497 e. The van der Waals surface area contributed by atoms with Crippen molar-refractivity contribution in [2.45, 2.75) is 13.0 Å². The summed E-state index contributed by atoms with van der Waals surface area (Å²) in [4.78, 5) is 28.3. The molecule has 0 atom stereocenters. The smallest absolute Gasteiger partial charge is 0.251 e. The number of fused-ring (bicyclic) bond motifs is 1. The lowest BCUT2D eigenvalue weighted by Crippen LogP contribution is -2.32. The van der Waals surface area contributed by atoms with Gasteiger partial charge in [0.1, 0.15) is 5.75 Å². The van der Waals surface area contributed by atoms with Gasteiger partial charge in [0, 0.05) is 37.4 Å². The summed E-state index contributed by atoms with van der Waals surface area (Å²) in [6, 6.07) is 25.2. The number of amides is 1. The fraction of sp³-hybridized carbons (Fsp3) is 0.312. The molecule has 0 unspecified atom stereocenters. The summed E-state index contributed by atoms with van der Waals surface area (Å²) in [5.41, 5.74) is 4.12. The standard InChI is InChI=1S/C32H37N7O4/c1-41-28-13-11-27(12-14-28)35-31-36-30(37-32(38-31)39-18-15-24-7-5-6-10-26(24)23-39)34-17-20-43-22-21-42-19-16-33-29(40)25-8-3-2-4-9-25/h2-14H,15-23H2,1H3,(H,33,40)(H2,34,35,36,37,38). The first-order valence-corrected chi connectivity index (χ1v) is 14.4. The normalized spacial score (nSPS) is 12.3. The van der Waals surface area contributed by atoms with E-state index < -0.39 is 0 Å². The van der Waals surface area contributed by atoms with Crippen LogP contribution in [-0.4, -0.2) is 74.0 Å². The number of rotatable bonds is 15. The van der Waals surface area contributed by atoms with Gasteiger partial charge in [-0.15, -0.1) is 0 Å². The van der Waals surface area contributed by atoms with Crippen LogP contribution in [-0.2, 0) is 22.4 Å². The molecule has 5 rings (SSSR count). The van der Waals surface area contributed by atoms with Gasteiger partial charge in [-0.3, -0.25) is 4.79 Å². The molecule has 2 heterocycles. The van der Waals surface area contributed by atoms with Crippen LogP contribution in [0.15, 0.2) is 78.9 Å². The summed E-state index contributed by atoms with van der Waals surface area (Å²) in [6.07, 6.45) is 0.932. The Morgan fingerprint density at radius 1 is 0.791 bits per heavy atom. The minimum absolute atomic E-state index is 0.111. The molecule has 224 valence electrons. The van der Waals surface area contributed by atoms with Crippen LogP contribution in [0, 0.1) is 0 Å². The van der Waals surface area contributed by atoms with Gasteiger partial charge in [-0.05, 0) is 53.9 Å². The molecule has 0 radical (unpaired) electrons.